The molecule has 1 heterocycles. The summed E-state index contributed by atoms with van der Waals surface area (Å²) in [6, 6.07) is 5.40. The molecule has 1 aromatic carbocycles. The van der Waals surface area contributed by atoms with Gasteiger partial charge in [-0.15, -0.1) is 10.2 Å². The van der Waals surface area contributed by atoms with E-state index in [-0.39, 0.29) is 21.8 Å². The largest absolute Gasteiger partial charge is 0.301 e. The zero-order valence-electron chi connectivity index (χ0n) is 12.4. The normalized spacial score (nSPS) is 11.2. The average Bonchev–Trinajstić information content (AvgIpc) is 2.86. The van der Waals surface area contributed by atoms with E-state index >= 15 is 0 Å². The van der Waals surface area contributed by atoms with Crippen LogP contribution >= 0.6 is 11.3 Å². The summed E-state index contributed by atoms with van der Waals surface area (Å²) in [4.78, 5) is 11.3. The van der Waals surface area contributed by atoms with E-state index in [0.29, 0.717) is 5.69 Å². The lowest BCUT2D eigenvalue weighted by Gasteiger charge is -2.07. The molecule has 0 spiro atoms. The van der Waals surface area contributed by atoms with Gasteiger partial charge in [-0.3, -0.25) is 9.52 Å². The van der Waals surface area contributed by atoms with Gasteiger partial charge in [0.2, 0.25) is 11.0 Å². The lowest BCUT2D eigenvalue weighted by atomic mass is 10.1. The monoisotopic (exact) mass is 340 g/mol. The van der Waals surface area contributed by atoms with Crippen molar-refractivity contribution >= 4 is 38.1 Å². The Balaban J connectivity index is 2.21. The van der Waals surface area contributed by atoms with Crippen LogP contribution in [0.4, 0.5) is 10.8 Å². The Labute approximate surface area is 132 Å². The lowest BCUT2D eigenvalue weighted by Crippen LogP contribution is -2.13. The quantitative estimate of drug-likeness (QED) is 0.813. The first-order valence-corrected chi connectivity index (χ1v) is 8.84. The average molecular weight is 340 g/mol. The van der Waals surface area contributed by atoms with Crippen LogP contribution in [-0.4, -0.2) is 24.5 Å². The third-order valence-corrected chi connectivity index (χ3v) is 5.27. The third kappa shape index (κ3) is 4.01. The fourth-order valence-corrected chi connectivity index (χ4v) is 3.77. The highest BCUT2D eigenvalue weighted by Gasteiger charge is 2.21. The number of carbonyl (C=O) groups is 1. The van der Waals surface area contributed by atoms with E-state index in [1.807, 2.05) is 19.9 Å². The van der Waals surface area contributed by atoms with Crippen molar-refractivity contribution in [2.75, 3.05) is 10.0 Å². The molecule has 1 amide bonds. The molecule has 0 saturated carbocycles. The molecule has 1 aromatic heterocycles. The van der Waals surface area contributed by atoms with Crippen LogP contribution in [0.25, 0.3) is 0 Å². The Morgan fingerprint density at radius 3 is 2.41 bits per heavy atom. The summed E-state index contributed by atoms with van der Waals surface area (Å²) >= 11 is 0.807. The number of sulfonamides is 1. The van der Waals surface area contributed by atoms with Crippen LogP contribution in [0.1, 0.15) is 24.5 Å². The standard InChI is InChI=1S/C13H16N4O3S2/c1-4-11(18)14-12-15-16-13(21-12)22(19,20)17-10-6-8(2)5-9(3)7-10/h5-7,17H,4H2,1-3H3,(H,14,15,18). The number of nitrogens with one attached hydrogen (secondary N) is 2. The predicted octanol–water partition coefficient (Wildman–Crippen LogP) is 2.30. The zero-order chi connectivity index (χ0) is 16.3. The van der Waals surface area contributed by atoms with Gasteiger partial charge in [-0.2, -0.15) is 8.42 Å². The van der Waals surface area contributed by atoms with E-state index in [1.54, 1.807) is 19.1 Å². The van der Waals surface area contributed by atoms with Gasteiger partial charge in [0.15, 0.2) is 0 Å². The van der Waals surface area contributed by atoms with Crippen molar-refractivity contribution in [2.45, 2.75) is 31.5 Å². The van der Waals surface area contributed by atoms with Gasteiger partial charge in [0, 0.05) is 12.1 Å². The number of hydrogen-bond donors (Lipinski definition) is 2. The van der Waals surface area contributed by atoms with Crippen LogP contribution < -0.4 is 10.0 Å². The maximum Gasteiger partial charge on any atom is 0.291 e. The minimum absolute atomic E-state index is 0.160. The van der Waals surface area contributed by atoms with Crippen molar-refractivity contribution < 1.29 is 13.2 Å². The zero-order valence-corrected chi connectivity index (χ0v) is 14.0. The second-order valence-corrected chi connectivity index (χ2v) is 7.59. The van der Waals surface area contributed by atoms with Crippen molar-refractivity contribution in [2.24, 2.45) is 0 Å². The number of carbonyl (C=O) groups excluding carboxylic acids is 1. The first kappa shape index (κ1) is 16.4. The number of anilines is 2. The van der Waals surface area contributed by atoms with Gasteiger partial charge in [0.1, 0.15) is 0 Å². The second kappa shape index (κ2) is 6.41. The maximum atomic E-state index is 12.3. The molecule has 9 heteroatoms. The Hall–Kier alpha value is -2.00. The number of rotatable bonds is 5. The summed E-state index contributed by atoms with van der Waals surface area (Å²) in [5, 5.41) is 9.92. The van der Waals surface area contributed by atoms with Crippen LogP contribution in [0.5, 0.6) is 0 Å². The van der Waals surface area contributed by atoms with E-state index in [9.17, 15) is 13.2 Å². The van der Waals surface area contributed by atoms with Crippen molar-refractivity contribution in [3.05, 3.63) is 29.3 Å². The fraction of sp³-hybridized carbons (Fsp3) is 0.308. The van der Waals surface area contributed by atoms with Crippen molar-refractivity contribution in [3.8, 4) is 0 Å². The minimum Gasteiger partial charge on any atom is -0.301 e. The summed E-state index contributed by atoms with van der Waals surface area (Å²) in [6.45, 7) is 5.46. The predicted molar refractivity (Wildman–Crippen MR) is 85.6 cm³/mol. The second-order valence-electron chi connectivity index (χ2n) is 4.76. The Morgan fingerprint density at radius 2 is 1.82 bits per heavy atom. The molecule has 0 atom stereocenters. The topological polar surface area (TPSA) is 101 Å². The van der Waals surface area contributed by atoms with Crippen LogP contribution in [0.15, 0.2) is 22.5 Å². The van der Waals surface area contributed by atoms with Gasteiger partial charge < -0.3 is 5.32 Å². The smallest absolute Gasteiger partial charge is 0.291 e. The van der Waals surface area contributed by atoms with Gasteiger partial charge in [0.05, 0.1) is 0 Å². The molecule has 22 heavy (non-hydrogen) atoms. The highest BCUT2D eigenvalue weighted by Crippen LogP contribution is 2.23. The molecule has 118 valence electrons. The number of nitrogens with zero attached hydrogens (tertiary/aromatic N) is 2. The first-order valence-electron chi connectivity index (χ1n) is 6.54. The molecule has 0 radical (unpaired) electrons. The molecule has 0 unspecified atom stereocenters. The van der Waals surface area contributed by atoms with Gasteiger partial charge in [-0.05, 0) is 37.1 Å². The summed E-state index contributed by atoms with van der Waals surface area (Å²) < 4.78 is 26.8. The molecule has 0 bridgehead atoms. The molecule has 0 saturated heterocycles. The number of hydrogen-bond acceptors (Lipinski definition) is 6. The molecular weight excluding hydrogens is 324 g/mol. The van der Waals surface area contributed by atoms with E-state index in [0.717, 1.165) is 22.5 Å². The number of benzene rings is 1. The summed E-state index contributed by atoms with van der Waals surface area (Å²) in [5.74, 6) is -0.248. The van der Waals surface area contributed by atoms with Crippen molar-refractivity contribution in [3.63, 3.8) is 0 Å². The third-order valence-electron chi connectivity index (χ3n) is 2.68. The highest BCUT2D eigenvalue weighted by molar-refractivity contribution is 7.94. The summed E-state index contributed by atoms with van der Waals surface area (Å²) in [6.07, 6.45) is 0.280. The van der Waals surface area contributed by atoms with Crippen LogP contribution in [0, 0.1) is 13.8 Å². The van der Waals surface area contributed by atoms with Crippen LogP contribution in [-0.2, 0) is 14.8 Å². The van der Waals surface area contributed by atoms with E-state index in [4.69, 9.17) is 0 Å². The molecule has 0 aliphatic rings. The Bertz CT molecular complexity index is 779. The molecule has 0 fully saturated rings. The molecule has 2 rings (SSSR count). The highest BCUT2D eigenvalue weighted by atomic mass is 32.2. The van der Waals surface area contributed by atoms with Crippen LogP contribution in [0.3, 0.4) is 0 Å². The van der Waals surface area contributed by atoms with Gasteiger partial charge in [-0.1, -0.05) is 24.3 Å². The molecule has 2 aromatic rings. The van der Waals surface area contributed by atoms with Crippen molar-refractivity contribution in [1.29, 1.82) is 0 Å². The molecule has 2 N–H and O–H groups in total. The molecule has 0 aliphatic heterocycles. The number of aryl methyl sites for hydroxylation is 2. The number of aromatic nitrogens is 2. The van der Waals surface area contributed by atoms with Crippen LogP contribution in [0.2, 0.25) is 0 Å². The maximum absolute atomic E-state index is 12.3. The summed E-state index contributed by atoms with van der Waals surface area (Å²) in [7, 11) is -3.82. The Morgan fingerprint density at radius 1 is 1.18 bits per heavy atom. The molecule has 0 aliphatic carbocycles. The van der Waals surface area contributed by atoms with E-state index < -0.39 is 10.0 Å². The minimum atomic E-state index is -3.82. The van der Waals surface area contributed by atoms with E-state index in [1.165, 1.54) is 0 Å². The SMILES string of the molecule is CCC(=O)Nc1nnc(S(=O)(=O)Nc2cc(C)cc(C)c2)s1. The molecule has 7 nitrogen and oxygen atoms in total. The first-order chi connectivity index (χ1) is 10.3. The van der Waals surface area contributed by atoms with Gasteiger partial charge in [0.25, 0.3) is 14.4 Å². The molecular formula is C13H16N4O3S2. The van der Waals surface area contributed by atoms with E-state index in [2.05, 4.69) is 20.2 Å². The summed E-state index contributed by atoms with van der Waals surface area (Å²) in [5.41, 5.74) is 2.36. The lowest BCUT2D eigenvalue weighted by molar-refractivity contribution is -0.115. The number of amides is 1. The van der Waals surface area contributed by atoms with Gasteiger partial charge in [-0.25, -0.2) is 0 Å². The van der Waals surface area contributed by atoms with Crippen molar-refractivity contribution in [1.82, 2.24) is 10.2 Å². The van der Waals surface area contributed by atoms with Gasteiger partial charge >= 0.3 is 0 Å². The Kier molecular flexibility index (Phi) is 4.77. The fourth-order valence-electron chi connectivity index (χ4n) is 1.81.